The number of hydrogen-bond acceptors (Lipinski definition) is 8. The number of nitrogens with zero attached hydrogens (tertiary/aromatic N) is 6. The zero-order valence-corrected chi connectivity index (χ0v) is 24.0. The van der Waals surface area contributed by atoms with E-state index in [1.807, 2.05) is 31.9 Å². The fraction of sp³-hybridized carbons (Fsp3) is 0.438. The van der Waals surface area contributed by atoms with E-state index in [9.17, 15) is 4.79 Å². The van der Waals surface area contributed by atoms with Gasteiger partial charge in [-0.15, -0.1) is 0 Å². The molecule has 4 aromatic rings. The number of fused-ring (bicyclic) bond motifs is 1. The lowest BCUT2D eigenvalue weighted by atomic mass is 9.77. The number of amides is 1. The summed E-state index contributed by atoms with van der Waals surface area (Å²) in [6.07, 6.45) is 2.61. The summed E-state index contributed by atoms with van der Waals surface area (Å²) in [7, 11) is 1.92. The van der Waals surface area contributed by atoms with E-state index in [-0.39, 0.29) is 11.5 Å². The zero-order valence-electron chi connectivity index (χ0n) is 24.0. The number of morpholine rings is 1. The van der Waals surface area contributed by atoms with Crippen molar-refractivity contribution < 1.29 is 14.1 Å². The van der Waals surface area contributed by atoms with Crippen molar-refractivity contribution in [2.45, 2.75) is 39.2 Å². The van der Waals surface area contributed by atoms with Gasteiger partial charge in [0.25, 0.3) is 0 Å². The third-order valence-corrected chi connectivity index (χ3v) is 9.30. The van der Waals surface area contributed by atoms with E-state index in [0.717, 1.165) is 90.7 Å². The molecule has 0 radical (unpaired) electrons. The van der Waals surface area contributed by atoms with Crippen LogP contribution in [0.2, 0.25) is 0 Å². The van der Waals surface area contributed by atoms with Gasteiger partial charge in [-0.2, -0.15) is 4.98 Å². The molecule has 7 rings (SSSR count). The molecule has 2 aromatic carbocycles. The number of benzene rings is 2. The number of likely N-dealkylation sites (tertiary alicyclic amines) is 1. The molecule has 9 nitrogen and oxygen atoms in total. The molecule has 0 saturated carbocycles. The molecule has 2 aromatic heterocycles. The number of ether oxygens (including phenoxy) is 1. The lowest BCUT2D eigenvalue weighted by Crippen LogP contribution is -2.45. The number of hydrogen-bond donors (Lipinski definition) is 0. The van der Waals surface area contributed by atoms with Crippen LogP contribution in [-0.2, 0) is 9.53 Å². The molecule has 1 amide bonds. The lowest BCUT2D eigenvalue weighted by molar-refractivity contribution is -0.135. The van der Waals surface area contributed by atoms with Gasteiger partial charge in [0.05, 0.1) is 35.9 Å². The Hall–Kier alpha value is -3.98. The standard InChI is InChI=1S/C32H36N6O3/c1-21-28(22(2)41-35-21)24-9-10-26-25(19-24)29(38-17-18-40-20-27(38)23-7-5-4-6-8-23)34-31(33-26)37-15-12-32(13-16-37)11-14-36(3)30(32)39/h4-10,19,27H,11-18,20H2,1-3H3/t27-/m1/s1. The molecule has 0 unspecified atom stereocenters. The first-order valence-corrected chi connectivity index (χ1v) is 14.6. The Morgan fingerprint density at radius 3 is 2.44 bits per heavy atom. The molecular formula is C32H36N6O3. The number of carbonyl (C=O) groups is 1. The second kappa shape index (κ2) is 10.1. The molecule has 3 fully saturated rings. The summed E-state index contributed by atoms with van der Waals surface area (Å²) in [6.45, 7) is 8.26. The van der Waals surface area contributed by atoms with Gasteiger partial charge < -0.3 is 24.0 Å². The topological polar surface area (TPSA) is 87.8 Å². The van der Waals surface area contributed by atoms with Crippen LogP contribution in [-0.4, -0.2) is 72.4 Å². The minimum Gasteiger partial charge on any atom is -0.377 e. The van der Waals surface area contributed by atoms with Gasteiger partial charge in [-0.1, -0.05) is 41.6 Å². The Balaban J connectivity index is 1.32. The zero-order chi connectivity index (χ0) is 28.1. The van der Waals surface area contributed by atoms with Crippen molar-refractivity contribution in [2.24, 2.45) is 5.41 Å². The molecule has 3 aliphatic rings. The summed E-state index contributed by atoms with van der Waals surface area (Å²) in [6, 6.07) is 16.9. The van der Waals surface area contributed by atoms with Gasteiger partial charge in [0.15, 0.2) is 0 Å². The highest BCUT2D eigenvalue weighted by molar-refractivity contribution is 5.94. The maximum Gasteiger partial charge on any atom is 0.228 e. The van der Waals surface area contributed by atoms with Gasteiger partial charge in [-0.25, -0.2) is 4.98 Å². The van der Waals surface area contributed by atoms with Gasteiger partial charge in [0.2, 0.25) is 11.9 Å². The summed E-state index contributed by atoms with van der Waals surface area (Å²) in [5.74, 6) is 2.73. The van der Waals surface area contributed by atoms with Crippen molar-refractivity contribution in [2.75, 3.05) is 56.2 Å². The number of piperidine rings is 1. The highest BCUT2D eigenvalue weighted by atomic mass is 16.5. The highest BCUT2D eigenvalue weighted by Crippen LogP contribution is 2.43. The van der Waals surface area contributed by atoms with Crippen LogP contribution >= 0.6 is 0 Å². The lowest BCUT2D eigenvalue weighted by Gasteiger charge is -2.39. The average Bonchev–Trinajstić information content (AvgIpc) is 3.49. The normalized spacial score (nSPS) is 20.9. The summed E-state index contributed by atoms with van der Waals surface area (Å²) in [5.41, 5.74) is 4.79. The average molecular weight is 553 g/mol. The quantitative estimate of drug-likeness (QED) is 0.352. The third kappa shape index (κ3) is 4.43. The van der Waals surface area contributed by atoms with Crippen molar-refractivity contribution in [1.29, 1.82) is 0 Å². The third-order valence-electron chi connectivity index (χ3n) is 9.30. The first-order valence-electron chi connectivity index (χ1n) is 14.6. The molecule has 9 heteroatoms. The van der Waals surface area contributed by atoms with Crippen molar-refractivity contribution in [1.82, 2.24) is 20.0 Å². The van der Waals surface area contributed by atoms with E-state index in [1.165, 1.54) is 5.56 Å². The summed E-state index contributed by atoms with van der Waals surface area (Å²) in [4.78, 5) is 29.9. The number of anilines is 2. The first-order chi connectivity index (χ1) is 19.9. The molecule has 5 heterocycles. The number of aromatic nitrogens is 3. The molecule has 212 valence electrons. The Kier molecular flexibility index (Phi) is 6.42. The molecule has 1 atom stereocenters. The molecule has 0 aliphatic carbocycles. The Bertz CT molecular complexity index is 1570. The van der Waals surface area contributed by atoms with Crippen LogP contribution in [0.3, 0.4) is 0 Å². The Morgan fingerprint density at radius 1 is 0.951 bits per heavy atom. The van der Waals surface area contributed by atoms with Gasteiger partial charge >= 0.3 is 0 Å². The van der Waals surface area contributed by atoms with E-state index >= 15 is 0 Å². The molecule has 0 bridgehead atoms. The van der Waals surface area contributed by atoms with E-state index in [2.05, 4.69) is 57.4 Å². The predicted molar refractivity (Wildman–Crippen MR) is 158 cm³/mol. The molecular weight excluding hydrogens is 516 g/mol. The largest absolute Gasteiger partial charge is 0.377 e. The maximum absolute atomic E-state index is 13.0. The Morgan fingerprint density at radius 2 is 1.73 bits per heavy atom. The number of rotatable bonds is 4. The first kappa shape index (κ1) is 26.0. The van der Waals surface area contributed by atoms with Gasteiger partial charge in [0.1, 0.15) is 11.6 Å². The Labute approximate surface area is 240 Å². The summed E-state index contributed by atoms with van der Waals surface area (Å²) >= 11 is 0. The SMILES string of the molecule is Cc1noc(C)c1-c1ccc2nc(N3CCC4(CCN(C)C4=O)CC3)nc(N3CCOC[C@@H]3c3ccccc3)c2c1. The van der Waals surface area contributed by atoms with Gasteiger partial charge in [0, 0.05) is 44.2 Å². The van der Waals surface area contributed by atoms with Crippen LogP contribution in [0.25, 0.3) is 22.0 Å². The van der Waals surface area contributed by atoms with Crippen LogP contribution in [0, 0.1) is 19.3 Å². The van der Waals surface area contributed by atoms with E-state index in [4.69, 9.17) is 19.2 Å². The second-order valence-corrected chi connectivity index (χ2v) is 11.7. The fourth-order valence-corrected chi connectivity index (χ4v) is 6.91. The number of carbonyl (C=O) groups excluding carboxylic acids is 1. The molecule has 3 saturated heterocycles. The van der Waals surface area contributed by atoms with E-state index in [1.54, 1.807) is 0 Å². The van der Waals surface area contributed by atoms with Crippen LogP contribution in [0.15, 0.2) is 53.1 Å². The molecule has 1 spiro atoms. The van der Waals surface area contributed by atoms with Crippen LogP contribution < -0.4 is 9.80 Å². The predicted octanol–water partition coefficient (Wildman–Crippen LogP) is 4.93. The van der Waals surface area contributed by atoms with E-state index in [0.29, 0.717) is 19.1 Å². The minimum atomic E-state index is -0.225. The van der Waals surface area contributed by atoms with Crippen molar-refractivity contribution >= 4 is 28.6 Å². The number of aryl methyl sites for hydroxylation is 2. The fourth-order valence-electron chi connectivity index (χ4n) is 6.91. The molecule has 41 heavy (non-hydrogen) atoms. The summed E-state index contributed by atoms with van der Waals surface area (Å²) in [5, 5.41) is 5.18. The molecule has 0 N–H and O–H groups in total. The van der Waals surface area contributed by atoms with Crippen molar-refractivity contribution in [3.05, 3.63) is 65.5 Å². The van der Waals surface area contributed by atoms with Gasteiger partial charge in [-0.05, 0) is 56.4 Å². The second-order valence-electron chi connectivity index (χ2n) is 11.7. The van der Waals surface area contributed by atoms with Gasteiger partial charge in [-0.3, -0.25) is 4.79 Å². The monoisotopic (exact) mass is 552 g/mol. The van der Waals surface area contributed by atoms with E-state index < -0.39 is 0 Å². The minimum absolute atomic E-state index is 0.0369. The van der Waals surface area contributed by atoms with Crippen LogP contribution in [0.4, 0.5) is 11.8 Å². The van der Waals surface area contributed by atoms with Crippen molar-refractivity contribution in [3.63, 3.8) is 0 Å². The van der Waals surface area contributed by atoms with Crippen molar-refractivity contribution in [3.8, 4) is 11.1 Å². The maximum atomic E-state index is 13.0. The summed E-state index contributed by atoms with van der Waals surface area (Å²) < 4.78 is 11.5. The molecule has 3 aliphatic heterocycles. The van der Waals surface area contributed by atoms with Crippen LogP contribution in [0.5, 0.6) is 0 Å². The highest BCUT2D eigenvalue weighted by Gasteiger charge is 2.47. The van der Waals surface area contributed by atoms with Crippen LogP contribution in [0.1, 0.15) is 42.3 Å². The smallest absolute Gasteiger partial charge is 0.228 e.